The molecule has 0 bridgehead atoms. The van der Waals surface area contributed by atoms with E-state index in [2.05, 4.69) is 10.6 Å². The summed E-state index contributed by atoms with van der Waals surface area (Å²) >= 11 is 0. The summed E-state index contributed by atoms with van der Waals surface area (Å²) in [5.74, 6) is 2.85. The lowest BCUT2D eigenvalue weighted by molar-refractivity contribution is -0.117. The van der Waals surface area contributed by atoms with Gasteiger partial charge in [0.1, 0.15) is 17.3 Å². The first kappa shape index (κ1) is 22.0. The van der Waals surface area contributed by atoms with Crippen LogP contribution in [0, 0.1) is 0 Å². The molecule has 1 fully saturated rings. The smallest absolute Gasteiger partial charge is 0.227 e. The summed E-state index contributed by atoms with van der Waals surface area (Å²) in [4.78, 5) is 19.7. The van der Waals surface area contributed by atoms with Crippen molar-refractivity contribution in [2.45, 2.75) is 31.7 Å². The number of hydrogen-bond acceptors (Lipinski definition) is 4. The molecule has 174 valence electrons. The summed E-state index contributed by atoms with van der Waals surface area (Å²) in [6, 6.07) is 25.8. The molecule has 1 atom stereocenters. The Labute approximate surface area is 199 Å². The molecule has 1 aliphatic rings. The molecular formula is C28H29N3O3. The lowest BCUT2D eigenvalue weighted by atomic mass is 10.1. The second-order valence-electron chi connectivity index (χ2n) is 8.59. The van der Waals surface area contributed by atoms with Crippen molar-refractivity contribution in [3.8, 4) is 11.5 Å². The van der Waals surface area contributed by atoms with E-state index in [0.717, 1.165) is 53.4 Å². The van der Waals surface area contributed by atoms with Gasteiger partial charge in [0.2, 0.25) is 5.91 Å². The van der Waals surface area contributed by atoms with Crippen LogP contribution in [0.2, 0.25) is 0 Å². The van der Waals surface area contributed by atoms with E-state index in [-0.39, 0.29) is 11.8 Å². The maximum atomic E-state index is 12.8. The topological polar surface area (TPSA) is 56.6 Å². The molecule has 0 N–H and O–H groups in total. The van der Waals surface area contributed by atoms with Gasteiger partial charge in [-0.1, -0.05) is 36.4 Å². The number of nitrogens with zero attached hydrogens (tertiary/aromatic N) is 3. The number of methoxy groups -OCH3 is 1. The minimum absolute atomic E-state index is 0.0770. The third-order valence-electron chi connectivity index (χ3n) is 6.33. The quantitative estimate of drug-likeness (QED) is 0.316. The van der Waals surface area contributed by atoms with Gasteiger partial charge in [-0.25, -0.2) is 4.98 Å². The first-order chi connectivity index (χ1) is 16.7. The number of imidazole rings is 1. The van der Waals surface area contributed by atoms with Crippen LogP contribution in [0.25, 0.3) is 11.0 Å². The van der Waals surface area contributed by atoms with Crippen LogP contribution in [0.5, 0.6) is 11.5 Å². The molecule has 2 heterocycles. The minimum atomic E-state index is 0.0770. The molecule has 5 rings (SSSR count). The molecule has 1 saturated heterocycles. The molecule has 6 heteroatoms. The van der Waals surface area contributed by atoms with Crippen molar-refractivity contribution in [1.29, 1.82) is 0 Å². The lowest BCUT2D eigenvalue weighted by Crippen LogP contribution is -2.24. The molecule has 0 aliphatic carbocycles. The molecular weight excluding hydrogens is 426 g/mol. The van der Waals surface area contributed by atoms with E-state index < -0.39 is 0 Å². The molecule has 1 aromatic heterocycles. The summed E-state index contributed by atoms with van der Waals surface area (Å²) in [5, 5.41) is 0. The normalized spacial score (nSPS) is 15.7. The first-order valence-corrected chi connectivity index (χ1v) is 11.8. The minimum Gasteiger partial charge on any atom is -0.497 e. The molecule has 0 saturated carbocycles. The number of hydrogen-bond donors (Lipinski definition) is 0. The van der Waals surface area contributed by atoms with Crippen LogP contribution in [0.4, 0.5) is 5.69 Å². The number of anilines is 1. The molecule has 3 aromatic carbocycles. The zero-order valence-corrected chi connectivity index (χ0v) is 19.4. The molecule has 1 unspecified atom stereocenters. The second-order valence-corrected chi connectivity index (χ2v) is 8.59. The van der Waals surface area contributed by atoms with Crippen LogP contribution in [0.15, 0.2) is 78.9 Å². The number of aromatic nitrogens is 2. The fourth-order valence-corrected chi connectivity index (χ4v) is 4.63. The average molecular weight is 456 g/mol. The Balaban J connectivity index is 1.27. The van der Waals surface area contributed by atoms with Gasteiger partial charge in [-0.2, -0.15) is 0 Å². The highest BCUT2D eigenvalue weighted by atomic mass is 16.5. The number of ether oxygens (including phenoxy) is 2. The van der Waals surface area contributed by atoms with Crippen molar-refractivity contribution in [3.05, 3.63) is 84.7 Å². The molecule has 1 amide bonds. The van der Waals surface area contributed by atoms with E-state index in [1.807, 2.05) is 77.7 Å². The van der Waals surface area contributed by atoms with Crippen molar-refractivity contribution in [2.24, 2.45) is 0 Å². The maximum absolute atomic E-state index is 12.8. The van der Waals surface area contributed by atoms with Gasteiger partial charge in [0.15, 0.2) is 0 Å². The monoisotopic (exact) mass is 455 g/mol. The maximum Gasteiger partial charge on any atom is 0.227 e. The summed E-state index contributed by atoms with van der Waals surface area (Å²) in [6.07, 6.45) is 2.36. The first-order valence-electron chi connectivity index (χ1n) is 11.8. The van der Waals surface area contributed by atoms with E-state index in [1.165, 1.54) is 0 Å². The van der Waals surface area contributed by atoms with Gasteiger partial charge in [0.05, 0.1) is 24.8 Å². The highest BCUT2D eigenvalue weighted by molar-refractivity contribution is 5.96. The zero-order valence-electron chi connectivity index (χ0n) is 19.4. The third-order valence-corrected chi connectivity index (χ3v) is 6.33. The number of fused-ring (bicyclic) bond motifs is 1. The van der Waals surface area contributed by atoms with Gasteiger partial charge < -0.3 is 18.9 Å². The van der Waals surface area contributed by atoms with Crippen molar-refractivity contribution in [2.75, 3.05) is 25.2 Å². The number of unbranched alkanes of at least 4 members (excludes halogenated alkanes) is 1. The Morgan fingerprint density at radius 1 is 0.941 bits per heavy atom. The fourth-order valence-electron chi connectivity index (χ4n) is 4.63. The Morgan fingerprint density at radius 3 is 2.59 bits per heavy atom. The van der Waals surface area contributed by atoms with Gasteiger partial charge in [0, 0.05) is 37.2 Å². The SMILES string of the molecule is COc1cccc(OCCCCn2c(C3CC(=O)N(c4ccccc4)C3)nc3ccccc32)c1. The summed E-state index contributed by atoms with van der Waals surface area (Å²) < 4.78 is 13.5. The van der Waals surface area contributed by atoms with E-state index in [4.69, 9.17) is 14.5 Å². The molecule has 1 aliphatic heterocycles. The third kappa shape index (κ3) is 4.62. The van der Waals surface area contributed by atoms with Crippen LogP contribution in [-0.2, 0) is 11.3 Å². The standard InChI is InChI=1S/C28H29N3O3/c1-33-23-12-9-13-24(19-23)34-17-8-7-16-30-26-15-6-5-14-25(26)29-28(30)21-18-27(32)31(20-21)22-10-3-2-4-11-22/h2-6,9-15,19,21H,7-8,16-18,20H2,1H3. The largest absolute Gasteiger partial charge is 0.497 e. The lowest BCUT2D eigenvalue weighted by Gasteiger charge is -2.17. The Bertz CT molecular complexity index is 1270. The number of carbonyl (C=O) groups excluding carboxylic acids is 1. The van der Waals surface area contributed by atoms with Crippen LogP contribution >= 0.6 is 0 Å². The number of aryl methyl sites for hydroxylation is 1. The highest BCUT2D eigenvalue weighted by Gasteiger charge is 2.34. The van der Waals surface area contributed by atoms with Gasteiger partial charge in [0.25, 0.3) is 0 Å². The van der Waals surface area contributed by atoms with Crippen molar-refractivity contribution in [1.82, 2.24) is 9.55 Å². The average Bonchev–Trinajstić information content (AvgIpc) is 3.45. The van der Waals surface area contributed by atoms with Crippen molar-refractivity contribution in [3.63, 3.8) is 0 Å². The van der Waals surface area contributed by atoms with Gasteiger partial charge in [-0.3, -0.25) is 4.79 Å². The van der Waals surface area contributed by atoms with E-state index in [9.17, 15) is 4.79 Å². The molecule has 34 heavy (non-hydrogen) atoms. The summed E-state index contributed by atoms with van der Waals surface area (Å²) in [5.41, 5.74) is 3.06. The molecule has 0 radical (unpaired) electrons. The number of amides is 1. The highest BCUT2D eigenvalue weighted by Crippen LogP contribution is 2.33. The van der Waals surface area contributed by atoms with Gasteiger partial charge in [-0.05, 0) is 49.2 Å². The van der Waals surface area contributed by atoms with Gasteiger partial charge >= 0.3 is 0 Å². The van der Waals surface area contributed by atoms with Crippen molar-refractivity contribution >= 4 is 22.6 Å². The predicted octanol–water partition coefficient (Wildman–Crippen LogP) is 5.42. The Kier molecular flexibility index (Phi) is 6.47. The van der Waals surface area contributed by atoms with Crippen LogP contribution in [0.1, 0.15) is 31.0 Å². The molecule has 4 aromatic rings. The second kappa shape index (κ2) is 10.00. The zero-order chi connectivity index (χ0) is 23.3. The summed E-state index contributed by atoms with van der Waals surface area (Å²) in [6.45, 7) is 2.14. The number of carbonyl (C=O) groups is 1. The molecule has 6 nitrogen and oxygen atoms in total. The van der Waals surface area contributed by atoms with Crippen molar-refractivity contribution < 1.29 is 14.3 Å². The van der Waals surface area contributed by atoms with Gasteiger partial charge in [-0.15, -0.1) is 0 Å². The van der Waals surface area contributed by atoms with Crippen LogP contribution < -0.4 is 14.4 Å². The van der Waals surface area contributed by atoms with Crippen LogP contribution in [-0.4, -0.2) is 35.7 Å². The number of para-hydroxylation sites is 3. The molecule has 0 spiro atoms. The predicted molar refractivity (Wildman–Crippen MR) is 134 cm³/mol. The number of benzene rings is 3. The van der Waals surface area contributed by atoms with E-state index in [1.54, 1.807) is 7.11 Å². The Morgan fingerprint density at radius 2 is 1.74 bits per heavy atom. The van der Waals surface area contributed by atoms with E-state index in [0.29, 0.717) is 19.6 Å². The number of rotatable bonds is 9. The fraction of sp³-hybridized carbons (Fsp3) is 0.286. The van der Waals surface area contributed by atoms with E-state index >= 15 is 0 Å². The summed E-state index contributed by atoms with van der Waals surface area (Å²) in [7, 11) is 1.66. The Hall–Kier alpha value is -3.80. The van der Waals surface area contributed by atoms with Crippen LogP contribution in [0.3, 0.4) is 0 Å².